The fourth-order valence-electron chi connectivity index (χ4n) is 13.0. The molecular formula is C71H82N8O9S2. The zero-order valence-corrected chi connectivity index (χ0v) is 54.0. The highest BCUT2D eigenvalue weighted by Crippen LogP contribution is 2.44. The van der Waals surface area contributed by atoms with Crippen molar-refractivity contribution in [2.24, 2.45) is 17.6 Å². The molecule has 0 aliphatic carbocycles. The second-order valence-electron chi connectivity index (χ2n) is 24.6. The molecule has 0 bridgehead atoms. The Balaban J connectivity index is 0.000000192. The second-order valence-corrected chi connectivity index (χ2v) is 26.1. The molecule has 0 spiro atoms. The van der Waals surface area contributed by atoms with E-state index in [1.54, 1.807) is 70.0 Å². The van der Waals surface area contributed by atoms with Crippen molar-refractivity contribution in [2.75, 3.05) is 39.3 Å². The minimum Gasteiger partial charge on any atom is -0.444 e. The normalized spacial score (nSPS) is 17.2. The molecule has 12 rings (SSSR count). The molecule has 90 heavy (non-hydrogen) atoms. The number of fused-ring (bicyclic) bond motifs is 4. The first-order chi connectivity index (χ1) is 43.4. The second kappa shape index (κ2) is 28.7. The van der Waals surface area contributed by atoms with Gasteiger partial charge in [0.2, 0.25) is 23.6 Å². The summed E-state index contributed by atoms with van der Waals surface area (Å²) >= 11 is 3.15. The Bertz CT molecular complexity index is 3900. The minimum atomic E-state index is -0.894. The van der Waals surface area contributed by atoms with Crippen molar-refractivity contribution in [3.63, 3.8) is 0 Å². The molecule has 0 radical (unpaired) electrons. The van der Waals surface area contributed by atoms with E-state index in [-0.39, 0.29) is 61.1 Å². The third-order valence-electron chi connectivity index (χ3n) is 17.1. The average Bonchev–Trinajstić information content (AvgIpc) is 0.833. The Hall–Kier alpha value is -8.23. The Morgan fingerprint density at radius 3 is 1.51 bits per heavy atom. The molecule has 4 aliphatic rings. The molecule has 2 fully saturated rings. The maximum Gasteiger partial charge on any atom is 0.408 e. The molecule has 8 heterocycles. The van der Waals surface area contributed by atoms with Crippen LogP contribution in [-0.2, 0) is 85.4 Å². The summed E-state index contributed by atoms with van der Waals surface area (Å²) in [5, 5.41) is 20.6. The number of rotatable bonds is 19. The third-order valence-corrected chi connectivity index (χ3v) is 18.6. The first-order valence-corrected chi connectivity index (χ1v) is 33.3. The van der Waals surface area contributed by atoms with Crippen molar-refractivity contribution < 1.29 is 43.4 Å². The fraction of sp³-hybridized carbons (Fsp3) is 0.394. The molecule has 8 aromatic rings. The van der Waals surface area contributed by atoms with Crippen LogP contribution in [0, 0.1) is 11.8 Å². The van der Waals surface area contributed by atoms with E-state index in [2.05, 4.69) is 46.6 Å². The van der Waals surface area contributed by atoms with Crippen LogP contribution in [0.15, 0.2) is 131 Å². The number of para-hydroxylation sites is 4. The predicted molar refractivity (Wildman–Crippen MR) is 357 cm³/mol. The van der Waals surface area contributed by atoms with Crippen LogP contribution in [0.3, 0.4) is 0 Å². The van der Waals surface area contributed by atoms with Crippen LogP contribution in [0.4, 0.5) is 27.5 Å². The largest absolute Gasteiger partial charge is 0.444 e. The number of benzene rings is 4. The van der Waals surface area contributed by atoms with Gasteiger partial charge < -0.3 is 49.6 Å². The number of aliphatic hydroxyl groups excluding tert-OH is 1. The lowest BCUT2D eigenvalue weighted by molar-refractivity contribution is -0.129. The summed E-state index contributed by atoms with van der Waals surface area (Å²) in [7, 11) is 0. The van der Waals surface area contributed by atoms with Gasteiger partial charge in [0.1, 0.15) is 5.60 Å². The van der Waals surface area contributed by atoms with Crippen LogP contribution in [0.25, 0.3) is 21.8 Å². The number of ketones is 2. The molecule has 4 aromatic carbocycles. The molecule has 5 amide bonds. The molecule has 19 heteroatoms. The first kappa shape index (κ1) is 64.7. The number of amides is 5. The van der Waals surface area contributed by atoms with E-state index in [1.165, 1.54) is 0 Å². The van der Waals surface area contributed by atoms with Crippen molar-refractivity contribution in [2.45, 2.75) is 150 Å². The van der Waals surface area contributed by atoms with Crippen LogP contribution in [0.1, 0.15) is 113 Å². The van der Waals surface area contributed by atoms with Gasteiger partial charge in [-0.05, 0) is 165 Å². The maximum absolute atomic E-state index is 14.4. The topological polar surface area (TPSA) is 210 Å². The van der Waals surface area contributed by atoms with E-state index in [4.69, 9.17) is 15.6 Å². The van der Waals surface area contributed by atoms with Gasteiger partial charge in [-0.15, -0.1) is 0 Å². The first-order valence-electron chi connectivity index (χ1n) is 31.4. The van der Waals surface area contributed by atoms with Gasteiger partial charge in [-0.1, -0.05) is 60.7 Å². The smallest absolute Gasteiger partial charge is 0.408 e. The van der Waals surface area contributed by atoms with Crippen LogP contribution >= 0.6 is 22.7 Å². The van der Waals surface area contributed by atoms with E-state index >= 15 is 0 Å². The number of thiophene rings is 2. The number of carbonyl (C=O) groups is 7. The molecule has 4 N–H and O–H groups in total. The molecule has 2 saturated heterocycles. The van der Waals surface area contributed by atoms with E-state index in [0.29, 0.717) is 58.3 Å². The summed E-state index contributed by atoms with van der Waals surface area (Å²) in [6.07, 6.45) is 7.63. The summed E-state index contributed by atoms with van der Waals surface area (Å²) in [6.45, 7) is 15.1. The Morgan fingerprint density at radius 1 is 0.633 bits per heavy atom. The van der Waals surface area contributed by atoms with Gasteiger partial charge in [0.25, 0.3) is 0 Å². The number of aliphatic hydroxyl groups is 1. The molecule has 4 atom stereocenters. The SMILES string of the molecule is CCO.CCn1cc(C[C@@H](N)C(=O)CC2Cc3cccc(N4CCCC4=O)c3N(Cc3ccsc3)C2=O)c2ccccc21.CCn1cc(C[C@@H](NC(=O)OC(C)(C)C)C(=O)CC2Cc3cccc(N4CCCC4=O)c3N(Cc3ccsc3)C2=O)c2ccccc21. The van der Waals surface area contributed by atoms with E-state index in [0.717, 1.165) is 104 Å². The quantitative estimate of drug-likeness (QED) is 0.0697. The van der Waals surface area contributed by atoms with Crippen molar-refractivity contribution in [3.8, 4) is 0 Å². The standard InChI is InChI=1S/C37H42N4O5S.C32H34N4O3S.C2H6O/c1-5-39-22-27(28-11-6-7-12-30(28)39)19-29(38-36(45)46-37(2,3)4)32(42)20-26-18-25-10-8-13-31(40-16-9-14-33(40)43)34(25)41(35(26)44)21-24-15-17-47-23-24;1-2-34-19-24(25-8-3-4-9-27(25)34)16-26(33)29(37)17-23-15-22-7-5-10-28(35-13-6-11-30(35)38)31(22)36(32(23)39)18-21-12-14-40-20-21;1-2-3/h6-8,10-13,15,17,22-23,26,29H,5,9,14,16,18-21H2,1-4H3,(H,38,45);3-5,7-10,12,14,19-20,23,26H,2,6,11,13,15-18,33H2,1H3;3H,2H2,1H3/t26?,29-;23?,26-;/m11./s1. The lowest BCUT2D eigenvalue weighted by Crippen LogP contribution is -2.47. The number of alkyl carbamates (subject to hydrolysis) is 1. The summed E-state index contributed by atoms with van der Waals surface area (Å²) in [5.41, 5.74) is 17.0. The van der Waals surface area contributed by atoms with Gasteiger partial charge in [-0.2, -0.15) is 22.7 Å². The van der Waals surface area contributed by atoms with Crippen LogP contribution in [0.2, 0.25) is 0 Å². The van der Waals surface area contributed by atoms with Gasteiger partial charge in [0.05, 0.1) is 47.9 Å². The Kier molecular flexibility index (Phi) is 20.7. The van der Waals surface area contributed by atoms with Gasteiger partial charge >= 0.3 is 6.09 Å². The van der Waals surface area contributed by atoms with Gasteiger partial charge in [-0.25, -0.2) is 4.79 Å². The summed E-state index contributed by atoms with van der Waals surface area (Å²) in [6, 6.07) is 30.3. The lowest BCUT2D eigenvalue weighted by atomic mass is 9.85. The number of nitrogens with one attached hydrogen (secondary N) is 1. The number of Topliss-reactive ketones (excluding diaryl/α,β-unsaturated/α-hetero) is 2. The zero-order valence-electron chi connectivity index (χ0n) is 52.3. The highest BCUT2D eigenvalue weighted by molar-refractivity contribution is 7.08. The summed E-state index contributed by atoms with van der Waals surface area (Å²) in [5.74, 6) is -1.55. The average molecular weight is 1260 g/mol. The number of ether oxygens (including phenoxy) is 1. The van der Waals surface area contributed by atoms with Gasteiger partial charge in [-0.3, -0.25) is 28.8 Å². The fourth-order valence-corrected chi connectivity index (χ4v) is 14.3. The van der Waals surface area contributed by atoms with E-state index < -0.39 is 35.6 Å². The summed E-state index contributed by atoms with van der Waals surface area (Å²) in [4.78, 5) is 102. The molecule has 4 aliphatic heterocycles. The van der Waals surface area contributed by atoms with E-state index in [9.17, 15) is 33.6 Å². The lowest BCUT2D eigenvalue weighted by Gasteiger charge is -2.37. The maximum atomic E-state index is 14.4. The van der Waals surface area contributed by atoms with Crippen LogP contribution in [-0.4, -0.2) is 92.9 Å². The number of hydrogen-bond donors (Lipinski definition) is 3. The number of aryl methyl sites for hydroxylation is 2. The Labute approximate surface area is 534 Å². The number of nitrogens with two attached hydrogens (primary N) is 1. The number of aromatic nitrogens is 2. The van der Waals surface area contributed by atoms with Crippen LogP contribution in [0.5, 0.6) is 0 Å². The molecule has 2 unspecified atom stereocenters. The van der Waals surface area contributed by atoms with Gasteiger partial charge in [0.15, 0.2) is 11.6 Å². The van der Waals surface area contributed by atoms with Crippen molar-refractivity contribution in [3.05, 3.63) is 164 Å². The van der Waals surface area contributed by atoms with Crippen molar-refractivity contribution in [1.29, 1.82) is 0 Å². The molecule has 472 valence electrons. The summed E-state index contributed by atoms with van der Waals surface area (Å²) < 4.78 is 9.87. The van der Waals surface area contributed by atoms with E-state index in [1.807, 2.05) is 113 Å². The van der Waals surface area contributed by atoms with Crippen LogP contribution < -0.4 is 30.7 Å². The van der Waals surface area contributed by atoms with Gasteiger partial charge in [0, 0.05) is 111 Å². The highest BCUT2D eigenvalue weighted by Gasteiger charge is 2.41. The Morgan fingerprint density at radius 2 is 1.09 bits per heavy atom. The molecule has 17 nitrogen and oxygen atoms in total. The van der Waals surface area contributed by atoms with Crippen molar-refractivity contribution >= 4 is 109 Å². The number of hydrogen-bond acceptors (Lipinski definition) is 12. The zero-order chi connectivity index (χ0) is 63.8. The minimum absolute atomic E-state index is 0.0435. The number of carbonyl (C=O) groups excluding carboxylic acids is 7. The number of nitrogens with zero attached hydrogens (tertiary/aromatic N) is 6. The predicted octanol–water partition coefficient (Wildman–Crippen LogP) is 11.7. The highest BCUT2D eigenvalue weighted by atomic mass is 32.1. The molecular weight excluding hydrogens is 1170 g/mol. The van der Waals surface area contributed by atoms with Crippen molar-refractivity contribution in [1.82, 2.24) is 14.5 Å². The molecule has 0 saturated carbocycles. The molecule has 4 aromatic heterocycles. The monoisotopic (exact) mass is 1250 g/mol. The third kappa shape index (κ3) is 14.5. The number of anilines is 4.